The third-order valence-corrected chi connectivity index (χ3v) is 9.27. The van der Waals surface area contributed by atoms with E-state index in [4.69, 9.17) is 4.74 Å². The number of aromatic nitrogens is 3. The van der Waals surface area contributed by atoms with Crippen molar-refractivity contribution in [3.05, 3.63) is 77.1 Å². The van der Waals surface area contributed by atoms with Gasteiger partial charge in [0.25, 0.3) is 11.8 Å². The number of carbonyl (C=O) groups is 2. The van der Waals surface area contributed by atoms with E-state index in [0.717, 1.165) is 5.01 Å². The molecular formula is C33H29N5O10. The standard InChI is InChI=1S/C33H29N5O10/c39-11-13-2-1-7-34-19(13)10-35-38-31(46)24-22-16-5-3-14(41)8-18(16)36-26(22)27-23(25(24)32(38)47)17-6-4-15(42)9-20(17)37(27)33-30(45)29(44)28(43)21(12-40)48-33/h1-9,21,28-30,33,35-36,39-45H,10-12H2/t21-,28-,29+,30-,33-/m1/s1. The summed E-state index contributed by atoms with van der Waals surface area (Å²) in [6.45, 7) is -1.07. The van der Waals surface area contributed by atoms with Gasteiger partial charge in [-0.15, -0.1) is 0 Å². The molecule has 1 saturated heterocycles. The highest BCUT2D eigenvalue weighted by Crippen LogP contribution is 2.47. The van der Waals surface area contributed by atoms with Gasteiger partial charge in [-0.05, 0) is 30.3 Å². The molecule has 246 valence electrons. The van der Waals surface area contributed by atoms with Crippen molar-refractivity contribution in [1.82, 2.24) is 25.0 Å². The topological polar surface area (TPSA) is 234 Å². The Labute approximate surface area is 269 Å². The first-order chi connectivity index (χ1) is 23.1. The smallest absolute Gasteiger partial charge is 0.276 e. The number of rotatable bonds is 6. The molecule has 0 aliphatic carbocycles. The number of imide groups is 1. The molecule has 15 heteroatoms. The van der Waals surface area contributed by atoms with Gasteiger partial charge in [0, 0.05) is 45.4 Å². The van der Waals surface area contributed by atoms with Gasteiger partial charge < -0.3 is 50.0 Å². The van der Waals surface area contributed by atoms with E-state index in [0.29, 0.717) is 38.4 Å². The van der Waals surface area contributed by atoms with Gasteiger partial charge in [-0.1, -0.05) is 6.07 Å². The van der Waals surface area contributed by atoms with E-state index in [9.17, 15) is 45.3 Å². The maximum atomic E-state index is 14.4. The Bertz CT molecular complexity index is 2310. The number of fused-ring (bicyclic) bond motifs is 10. The van der Waals surface area contributed by atoms with Crippen LogP contribution < -0.4 is 5.43 Å². The van der Waals surface area contributed by atoms with Crippen LogP contribution in [0.15, 0.2) is 54.7 Å². The number of ether oxygens (including phenoxy) is 1. The first kappa shape index (κ1) is 30.2. The van der Waals surface area contributed by atoms with Crippen LogP contribution in [-0.4, -0.2) is 98.1 Å². The zero-order valence-corrected chi connectivity index (χ0v) is 24.9. The number of H-pyrrole nitrogens is 1. The van der Waals surface area contributed by atoms with Crippen LogP contribution >= 0.6 is 0 Å². The van der Waals surface area contributed by atoms with E-state index in [1.807, 2.05) is 0 Å². The number of pyridine rings is 1. The van der Waals surface area contributed by atoms with E-state index in [2.05, 4.69) is 15.4 Å². The molecule has 2 aliphatic rings. The summed E-state index contributed by atoms with van der Waals surface area (Å²) < 4.78 is 7.44. The SMILES string of the molecule is O=C1c2c(c3c4ccc(O)cc4n([C@@H]4O[C@H](CO)[C@@H](O)[C@H](O)[C@H]4O)c3c3[nH]c4cc(O)ccc4c23)C(=O)N1NCc1ncccc1CO. The molecule has 2 amide bonds. The van der Waals surface area contributed by atoms with Crippen LogP contribution in [0.3, 0.4) is 0 Å². The van der Waals surface area contributed by atoms with Crippen molar-refractivity contribution in [2.24, 2.45) is 0 Å². The minimum Gasteiger partial charge on any atom is -0.508 e. The van der Waals surface area contributed by atoms with E-state index >= 15 is 0 Å². The first-order valence-electron chi connectivity index (χ1n) is 15.1. The maximum absolute atomic E-state index is 14.4. The summed E-state index contributed by atoms with van der Waals surface area (Å²) in [7, 11) is 0. The number of phenolic OH excluding ortho intramolecular Hbond substituents is 2. The predicted octanol–water partition coefficient (Wildman–Crippen LogP) is 1.00. The third-order valence-electron chi connectivity index (χ3n) is 9.27. The molecular weight excluding hydrogens is 626 g/mol. The average Bonchev–Trinajstić information content (AvgIpc) is 3.69. The summed E-state index contributed by atoms with van der Waals surface area (Å²) in [5.74, 6) is -1.63. The highest BCUT2D eigenvalue weighted by atomic mass is 16.6. The fourth-order valence-electron chi connectivity index (χ4n) is 7.05. The van der Waals surface area contributed by atoms with Gasteiger partial charge >= 0.3 is 0 Å². The number of hydrazine groups is 1. The van der Waals surface area contributed by atoms with Crippen molar-refractivity contribution in [2.45, 2.75) is 43.8 Å². The fraction of sp³-hybridized carbons (Fsp3) is 0.242. The Morgan fingerprint density at radius 3 is 2.31 bits per heavy atom. The van der Waals surface area contributed by atoms with Gasteiger partial charge in [-0.25, -0.2) is 10.4 Å². The van der Waals surface area contributed by atoms with Crippen molar-refractivity contribution in [1.29, 1.82) is 0 Å². The summed E-state index contributed by atoms with van der Waals surface area (Å²) in [5.41, 5.74) is 5.08. The number of aliphatic hydroxyl groups is 5. The zero-order valence-electron chi connectivity index (χ0n) is 24.9. The number of aromatic amines is 1. The molecule has 3 aromatic heterocycles. The molecule has 5 atom stereocenters. The van der Waals surface area contributed by atoms with Gasteiger partial charge in [-0.3, -0.25) is 14.6 Å². The van der Waals surface area contributed by atoms with Gasteiger partial charge in [-0.2, -0.15) is 0 Å². The van der Waals surface area contributed by atoms with Crippen LogP contribution in [0.5, 0.6) is 11.5 Å². The Hall–Kier alpha value is -5.13. The number of phenols is 2. The Balaban J connectivity index is 1.44. The van der Waals surface area contributed by atoms with Crippen molar-refractivity contribution < 1.29 is 50.1 Å². The molecule has 0 unspecified atom stereocenters. The summed E-state index contributed by atoms with van der Waals surface area (Å²) in [4.78, 5) is 36.2. The molecule has 0 radical (unpaired) electrons. The number of hydrogen-bond acceptors (Lipinski definition) is 12. The number of nitrogens with one attached hydrogen (secondary N) is 2. The fourth-order valence-corrected chi connectivity index (χ4v) is 7.05. The minimum absolute atomic E-state index is 0.00593. The number of aromatic hydroxyl groups is 2. The summed E-state index contributed by atoms with van der Waals surface area (Å²) in [6.07, 6.45) is -6.33. The summed E-state index contributed by atoms with van der Waals surface area (Å²) in [6, 6.07) is 12.1. The zero-order chi connectivity index (χ0) is 33.6. The van der Waals surface area contributed by atoms with Crippen LogP contribution in [0.25, 0.3) is 43.6 Å². The lowest BCUT2D eigenvalue weighted by atomic mass is 9.96. The number of amides is 2. The van der Waals surface area contributed by atoms with Gasteiger partial charge in [0.1, 0.15) is 35.9 Å². The third kappa shape index (κ3) is 4.17. The summed E-state index contributed by atoms with van der Waals surface area (Å²) >= 11 is 0. The molecule has 6 aromatic rings. The second-order valence-corrected chi connectivity index (χ2v) is 11.9. The molecule has 0 bridgehead atoms. The quantitative estimate of drug-likeness (QED) is 0.114. The molecule has 3 aromatic carbocycles. The van der Waals surface area contributed by atoms with Crippen LogP contribution in [-0.2, 0) is 17.9 Å². The molecule has 5 heterocycles. The molecule has 8 rings (SSSR count). The molecule has 1 fully saturated rings. The lowest BCUT2D eigenvalue weighted by Gasteiger charge is -2.41. The van der Waals surface area contributed by atoms with Gasteiger partial charge in [0.2, 0.25) is 0 Å². The molecule has 2 aliphatic heterocycles. The monoisotopic (exact) mass is 655 g/mol. The van der Waals surface area contributed by atoms with E-state index in [1.165, 1.54) is 35.0 Å². The number of aliphatic hydroxyl groups excluding tert-OH is 5. The number of benzene rings is 3. The van der Waals surface area contributed by atoms with Gasteiger partial charge in [0.05, 0.1) is 58.6 Å². The summed E-state index contributed by atoms with van der Waals surface area (Å²) in [5, 5.41) is 75.6. The first-order valence-corrected chi connectivity index (χ1v) is 15.1. The average molecular weight is 656 g/mol. The molecule has 48 heavy (non-hydrogen) atoms. The van der Waals surface area contributed by atoms with E-state index in [-0.39, 0.29) is 52.2 Å². The Kier molecular flexibility index (Phi) is 6.90. The Morgan fingerprint density at radius 1 is 0.875 bits per heavy atom. The molecule has 15 nitrogen and oxygen atoms in total. The van der Waals surface area contributed by atoms with Crippen molar-refractivity contribution in [2.75, 3.05) is 6.61 Å². The minimum atomic E-state index is -1.74. The lowest BCUT2D eigenvalue weighted by molar-refractivity contribution is -0.249. The van der Waals surface area contributed by atoms with Crippen LogP contribution in [0.4, 0.5) is 0 Å². The second-order valence-electron chi connectivity index (χ2n) is 11.9. The highest BCUT2D eigenvalue weighted by molar-refractivity contribution is 6.39. The Morgan fingerprint density at radius 2 is 1.58 bits per heavy atom. The maximum Gasteiger partial charge on any atom is 0.276 e. The molecule has 0 saturated carbocycles. The van der Waals surface area contributed by atoms with E-state index in [1.54, 1.807) is 24.3 Å². The number of hydrogen-bond donors (Lipinski definition) is 9. The van der Waals surface area contributed by atoms with Crippen LogP contribution in [0.1, 0.15) is 38.2 Å². The molecule has 0 spiro atoms. The van der Waals surface area contributed by atoms with Crippen molar-refractivity contribution in [3.8, 4) is 11.5 Å². The normalized spacial score (nSPS) is 22.9. The van der Waals surface area contributed by atoms with Crippen LogP contribution in [0.2, 0.25) is 0 Å². The lowest BCUT2D eigenvalue weighted by Crippen LogP contribution is -2.56. The second kappa shape index (κ2) is 11.0. The predicted molar refractivity (Wildman–Crippen MR) is 169 cm³/mol. The highest BCUT2D eigenvalue weighted by Gasteiger charge is 2.47. The largest absolute Gasteiger partial charge is 0.508 e. The number of carbonyl (C=O) groups excluding carboxylic acids is 2. The van der Waals surface area contributed by atoms with Gasteiger partial charge in [0.15, 0.2) is 6.23 Å². The van der Waals surface area contributed by atoms with Crippen molar-refractivity contribution in [3.63, 3.8) is 0 Å². The molecule has 9 N–H and O–H groups in total. The number of nitrogens with zero attached hydrogens (tertiary/aromatic N) is 3. The van der Waals surface area contributed by atoms with Crippen LogP contribution in [0, 0.1) is 0 Å². The van der Waals surface area contributed by atoms with Crippen molar-refractivity contribution >= 4 is 55.4 Å². The van der Waals surface area contributed by atoms with E-state index < -0.39 is 49.1 Å².